The SMILES string of the molecule is CC(C)c1nc(NCC#N)nc(N(C)C)n1. The minimum atomic E-state index is 0.189. The van der Waals surface area contributed by atoms with Crippen molar-refractivity contribution >= 4 is 11.9 Å². The molecule has 16 heavy (non-hydrogen) atoms. The van der Waals surface area contributed by atoms with E-state index in [2.05, 4.69) is 20.3 Å². The van der Waals surface area contributed by atoms with Crippen LogP contribution in [0.2, 0.25) is 0 Å². The highest BCUT2D eigenvalue weighted by Gasteiger charge is 2.10. The van der Waals surface area contributed by atoms with Gasteiger partial charge in [0.1, 0.15) is 12.4 Å². The maximum atomic E-state index is 8.49. The molecular formula is C10H16N6. The Balaban J connectivity index is 3.04. The molecule has 0 spiro atoms. The van der Waals surface area contributed by atoms with Crippen LogP contribution in [0.3, 0.4) is 0 Å². The van der Waals surface area contributed by atoms with Crippen molar-refractivity contribution in [1.82, 2.24) is 15.0 Å². The van der Waals surface area contributed by atoms with E-state index in [4.69, 9.17) is 5.26 Å². The Morgan fingerprint density at radius 2 is 2.00 bits per heavy atom. The molecule has 0 aliphatic carbocycles. The molecule has 0 aliphatic rings. The second-order valence-electron chi connectivity index (χ2n) is 3.88. The molecular weight excluding hydrogens is 204 g/mol. The Morgan fingerprint density at radius 3 is 2.50 bits per heavy atom. The van der Waals surface area contributed by atoms with E-state index in [1.54, 1.807) is 0 Å². The molecule has 0 unspecified atom stereocenters. The fourth-order valence-corrected chi connectivity index (χ4v) is 1.04. The lowest BCUT2D eigenvalue weighted by atomic mass is 10.2. The van der Waals surface area contributed by atoms with Gasteiger partial charge in [-0.1, -0.05) is 13.8 Å². The van der Waals surface area contributed by atoms with Crippen molar-refractivity contribution in [3.8, 4) is 6.07 Å². The van der Waals surface area contributed by atoms with Gasteiger partial charge >= 0.3 is 0 Å². The zero-order valence-corrected chi connectivity index (χ0v) is 10.0. The van der Waals surface area contributed by atoms with Gasteiger partial charge in [0, 0.05) is 20.0 Å². The van der Waals surface area contributed by atoms with E-state index in [-0.39, 0.29) is 12.5 Å². The highest BCUT2D eigenvalue weighted by atomic mass is 15.3. The maximum Gasteiger partial charge on any atom is 0.229 e. The van der Waals surface area contributed by atoms with Crippen LogP contribution in [-0.4, -0.2) is 35.6 Å². The number of aromatic nitrogens is 3. The first-order chi connectivity index (χ1) is 7.54. The molecule has 6 nitrogen and oxygen atoms in total. The number of anilines is 2. The molecule has 1 N–H and O–H groups in total. The van der Waals surface area contributed by atoms with E-state index in [1.807, 2.05) is 38.9 Å². The highest BCUT2D eigenvalue weighted by molar-refractivity contribution is 5.36. The molecule has 0 radical (unpaired) electrons. The van der Waals surface area contributed by atoms with Gasteiger partial charge in [0.05, 0.1) is 6.07 Å². The zero-order chi connectivity index (χ0) is 12.1. The Kier molecular flexibility index (Phi) is 4.00. The summed E-state index contributed by atoms with van der Waals surface area (Å²) in [5.41, 5.74) is 0. The lowest BCUT2D eigenvalue weighted by Gasteiger charge is -2.13. The molecule has 0 bridgehead atoms. The number of nitriles is 1. The summed E-state index contributed by atoms with van der Waals surface area (Å²) in [5, 5.41) is 11.3. The van der Waals surface area contributed by atoms with Crippen molar-refractivity contribution in [3.05, 3.63) is 5.82 Å². The lowest BCUT2D eigenvalue weighted by Crippen LogP contribution is -2.17. The number of nitrogens with one attached hydrogen (secondary N) is 1. The first-order valence-electron chi connectivity index (χ1n) is 5.08. The summed E-state index contributed by atoms with van der Waals surface area (Å²) < 4.78 is 0. The van der Waals surface area contributed by atoms with Gasteiger partial charge in [-0.3, -0.25) is 0 Å². The van der Waals surface area contributed by atoms with Gasteiger partial charge in [-0.25, -0.2) is 0 Å². The predicted octanol–water partition coefficient (Wildman–Crippen LogP) is 0.996. The summed E-state index contributed by atoms with van der Waals surface area (Å²) in [6.45, 7) is 4.22. The summed E-state index contributed by atoms with van der Waals surface area (Å²) in [5.74, 6) is 1.99. The third-order valence-electron chi connectivity index (χ3n) is 1.88. The normalized spacial score (nSPS) is 10.0. The van der Waals surface area contributed by atoms with Crippen LogP contribution in [0.1, 0.15) is 25.6 Å². The van der Waals surface area contributed by atoms with Crippen LogP contribution in [0.4, 0.5) is 11.9 Å². The minimum Gasteiger partial charge on any atom is -0.347 e. The van der Waals surface area contributed by atoms with Crippen LogP contribution < -0.4 is 10.2 Å². The van der Waals surface area contributed by atoms with E-state index in [0.29, 0.717) is 11.9 Å². The first kappa shape index (κ1) is 12.2. The average Bonchev–Trinajstić information content (AvgIpc) is 2.25. The molecule has 0 fully saturated rings. The second-order valence-corrected chi connectivity index (χ2v) is 3.88. The van der Waals surface area contributed by atoms with Crippen LogP contribution in [0.15, 0.2) is 0 Å². The molecule has 1 heterocycles. The molecule has 0 saturated heterocycles. The van der Waals surface area contributed by atoms with E-state index in [0.717, 1.165) is 5.82 Å². The van der Waals surface area contributed by atoms with Crippen molar-refractivity contribution in [1.29, 1.82) is 5.26 Å². The molecule has 6 heteroatoms. The van der Waals surface area contributed by atoms with Crippen molar-refractivity contribution in [2.45, 2.75) is 19.8 Å². The highest BCUT2D eigenvalue weighted by Crippen LogP contribution is 2.14. The maximum absolute atomic E-state index is 8.49. The van der Waals surface area contributed by atoms with Crippen LogP contribution in [0, 0.1) is 11.3 Å². The average molecular weight is 220 g/mol. The number of hydrogen-bond acceptors (Lipinski definition) is 6. The summed E-state index contributed by atoms with van der Waals surface area (Å²) >= 11 is 0. The Bertz CT molecular complexity index is 367. The van der Waals surface area contributed by atoms with E-state index in [9.17, 15) is 0 Å². The van der Waals surface area contributed by atoms with Gasteiger partial charge < -0.3 is 10.2 Å². The standard InChI is InChI=1S/C10H16N6/c1-7(2)8-13-9(12-6-5-11)15-10(14-8)16(3)4/h7H,6H2,1-4H3,(H,12,13,14,15). The van der Waals surface area contributed by atoms with E-state index in [1.165, 1.54) is 0 Å². The third kappa shape index (κ3) is 3.05. The zero-order valence-electron chi connectivity index (χ0n) is 10.0. The van der Waals surface area contributed by atoms with Gasteiger partial charge in [0.2, 0.25) is 11.9 Å². The van der Waals surface area contributed by atoms with Gasteiger partial charge in [0.15, 0.2) is 0 Å². The first-order valence-corrected chi connectivity index (χ1v) is 5.08. The van der Waals surface area contributed by atoms with Gasteiger partial charge in [0.25, 0.3) is 0 Å². The van der Waals surface area contributed by atoms with Crippen LogP contribution in [-0.2, 0) is 0 Å². The van der Waals surface area contributed by atoms with Crippen molar-refractivity contribution in [2.75, 3.05) is 30.9 Å². The molecule has 1 aromatic rings. The lowest BCUT2D eigenvalue weighted by molar-refractivity contribution is 0.755. The van der Waals surface area contributed by atoms with Crippen molar-refractivity contribution in [2.24, 2.45) is 0 Å². The molecule has 1 rings (SSSR count). The van der Waals surface area contributed by atoms with Crippen LogP contribution >= 0.6 is 0 Å². The molecule has 1 aromatic heterocycles. The number of hydrogen-bond donors (Lipinski definition) is 1. The largest absolute Gasteiger partial charge is 0.347 e. The van der Waals surface area contributed by atoms with Crippen molar-refractivity contribution < 1.29 is 0 Å². The van der Waals surface area contributed by atoms with Crippen LogP contribution in [0.25, 0.3) is 0 Å². The third-order valence-corrected chi connectivity index (χ3v) is 1.88. The summed E-state index contributed by atoms with van der Waals surface area (Å²) in [4.78, 5) is 14.6. The van der Waals surface area contributed by atoms with Crippen LogP contribution in [0.5, 0.6) is 0 Å². The molecule has 0 atom stereocenters. The summed E-state index contributed by atoms with van der Waals surface area (Å²) in [6, 6.07) is 1.99. The van der Waals surface area contributed by atoms with E-state index < -0.39 is 0 Å². The van der Waals surface area contributed by atoms with Crippen molar-refractivity contribution in [3.63, 3.8) is 0 Å². The molecule has 0 saturated carbocycles. The van der Waals surface area contributed by atoms with Gasteiger partial charge in [-0.05, 0) is 0 Å². The predicted molar refractivity (Wildman–Crippen MR) is 62.3 cm³/mol. The fraction of sp³-hybridized carbons (Fsp3) is 0.600. The minimum absolute atomic E-state index is 0.189. The Hall–Kier alpha value is -1.90. The van der Waals surface area contributed by atoms with E-state index >= 15 is 0 Å². The second kappa shape index (κ2) is 5.26. The molecule has 0 aromatic carbocycles. The quantitative estimate of drug-likeness (QED) is 0.762. The summed E-state index contributed by atoms with van der Waals surface area (Å²) in [6.07, 6.45) is 0. The molecule has 0 aliphatic heterocycles. The van der Waals surface area contributed by atoms with Gasteiger partial charge in [-0.15, -0.1) is 0 Å². The Morgan fingerprint density at radius 1 is 1.31 bits per heavy atom. The topological polar surface area (TPSA) is 77.7 Å². The Labute approximate surface area is 95.3 Å². The number of rotatable bonds is 4. The fourth-order valence-electron chi connectivity index (χ4n) is 1.04. The van der Waals surface area contributed by atoms with Gasteiger partial charge in [-0.2, -0.15) is 20.2 Å². The summed E-state index contributed by atoms with van der Waals surface area (Å²) in [7, 11) is 3.74. The number of nitrogens with zero attached hydrogens (tertiary/aromatic N) is 5. The monoisotopic (exact) mass is 220 g/mol. The molecule has 0 amide bonds. The smallest absolute Gasteiger partial charge is 0.229 e. The molecule has 86 valence electrons.